The van der Waals surface area contributed by atoms with Gasteiger partial charge in [0.05, 0.1) is 14.2 Å². The van der Waals surface area contributed by atoms with Gasteiger partial charge in [0.1, 0.15) is 16.5 Å². The van der Waals surface area contributed by atoms with E-state index in [4.69, 9.17) is 26.8 Å². The van der Waals surface area contributed by atoms with Crippen molar-refractivity contribution in [1.82, 2.24) is 0 Å². The molecule has 3 nitrogen and oxygen atoms in total. The zero-order valence-corrected chi connectivity index (χ0v) is 11.6. The van der Waals surface area contributed by atoms with E-state index in [-0.39, 0.29) is 5.41 Å². The summed E-state index contributed by atoms with van der Waals surface area (Å²) in [4.78, 5) is 0. The topological polar surface area (TPSA) is 44.5 Å². The van der Waals surface area contributed by atoms with E-state index in [1.165, 1.54) is 0 Å². The highest BCUT2D eigenvalue weighted by Gasteiger charge is 2.26. The minimum atomic E-state index is -0.0734. The Labute approximate surface area is 108 Å². The fraction of sp³-hybridized carbons (Fsp3) is 0.538. The van der Waals surface area contributed by atoms with Crippen LogP contribution in [0.4, 0.5) is 0 Å². The predicted octanol–water partition coefficient (Wildman–Crippen LogP) is 2.98. The Kier molecular flexibility index (Phi) is 4.66. The second-order valence-electron chi connectivity index (χ2n) is 4.59. The SMILES string of the molecule is COc1ccc(C(C)(C)CCN)c(OC)c1Cl. The molecule has 0 aromatic heterocycles. The third kappa shape index (κ3) is 2.85. The molecule has 1 aromatic carbocycles. The van der Waals surface area contributed by atoms with Crippen LogP contribution in [0, 0.1) is 0 Å². The molecule has 0 aliphatic carbocycles. The zero-order chi connectivity index (χ0) is 13.1. The normalized spacial score (nSPS) is 11.4. The molecule has 2 N–H and O–H groups in total. The smallest absolute Gasteiger partial charge is 0.144 e. The molecule has 17 heavy (non-hydrogen) atoms. The molecule has 1 aromatic rings. The molecule has 96 valence electrons. The van der Waals surface area contributed by atoms with Crippen LogP contribution in [0.5, 0.6) is 11.5 Å². The molecule has 0 aliphatic rings. The first kappa shape index (κ1) is 14.1. The number of rotatable bonds is 5. The molecule has 0 radical (unpaired) electrons. The van der Waals surface area contributed by atoms with E-state index in [9.17, 15) is 0 Å². The van der Waals surface area contributed by atoms with Gasteiger partial charge in [0.15, 0.2) is 0 Å². The van der Waals surface area contributed by atoms with Crippen molar-refractivity contribution < 1.29 is 9.47 Å². The van der Waals surface area contributed by atoms with Crippen LogP contribution < -0.4 is 15.2 Å². The van der Waals surface area contributed by atoms with Gasteiger partial charge >= 0.3 is 0 Å². The largest absolute Gasteiger partial charge is 0.495 e. The summed E-state index contributed by atoms with van der Waals surface area (Å²) in [6.07, 6.45) is 0.867. The number of benzene rings is 1. The second-order valence-corrected chi connectivity index (χ2v) is 4.96. The van der Waals surface area contributed by atoms with Gasteiger partial charge in [0, 0.05) is 5.56 Å². The monoisotopic (exact) mass is 257 g/mol. The lowest BCUT2D eigenvalue weighted by Crippen LogP contribution is -2.22. The van der Waals surface area contributed by atoms with Gasteiger partial charge in [0.25, 0.3) is 0 Å². The minimum absolute atomic E-state index is 0.0734. The van der Waals surface area contributed by atoms with Gasteiger partial charge in [-0.05, 0) is 24.4 Å². The van der Waals surface area contributed by atoms with E-state index in [0.29, 0.717) is 23.1 Å². The Morgan fingerprint density at radius 2 is 1.88 bits per heavy atom. The maximum Gasteiger partial charge on any atom is 0.144 e. The molecule has 0 atom stereocenters. The highest BCUT2D eigenvalue weighted by molar-refractivity contribution is 6.33. The fourth-order valence-corrected chi connectivity index (χ4v) is 2.24. The molecular weight excluding hydrogens is 238 g/mol. The van der Waals surface area contributed by atoms with Crippen molar-refractivity contribution in [3.63, 3.8) is 0 Å². The number of nitrogens with two attached hydrogens (primary N) is 1. The van der Waals surface area contributed by atoms with Crippen LogP contribution in [0.2, 0.25) is 5.02 Å². The summed E-state index contributed by atoms with van der Waals surface area (Å²) >= 11 is 6.24. The number of halogens is 1. The van der Waals surface area contributed by atoms with E-state index in [0.717, 1.165) is 12.0 Å². The van der Waals surface area contributed by atoms with Crippen LogP contribution in [0.3, 0.4) is 0 Å². The predicted molar refractivity (Wildman–Crippen MR) is 71.3 cm³/mol. The van der Waals surface area contributed by atoms with Crippen molar-refractivity contribution in [2.45, 2.75) is 25.7 Å². The standard InChI is InChI=1S/C13H20ClNO2/c1-13(2,7-8-15)9-5-6-10(16-3)11(14)12(9)17-4/h5-6H,7-8,15H2,1-4H3. The fourth-order valence-electron chi connectivity index (χ4n) is 1.92. The van der Waals surface area contributed by atoms with Crippen molar-refractivity contribution in [1.29, 1.82) is 0 Å². The molecule has 0 fully saturated rings. The van der Waals surface area contributed by atoms with Crippen molar-refractivity contribution in [3.8, 4) is 11.5 Å². The van der Waals surface area contributed by atoms with Crippen molar-refractivity contribution >= 4 is 11.6 Å². The van der Waals surface area contributed by atoms with E-state index in [2.05, 4.69) is 13.8 Å². The molecule has 0 saturated carbocycles. The molecule has 4 heteroatoms. The summed E-state index contributed by atoms with van der Waals surface area (Å²) in [5.74, 6) is 1.29. The van der Waals surface area contributed by atoms with Gasteiger partial charge in [-0.3, -0.25) is 0 Å². The van der Waals surface area contributed by atoms with Crippen LogP contribution >= 0.6 is 11.6 Å². The Hall–Kier alpha value is -0.930. The number of ether oxygens (including phenoxy) is 2. The summed E-state index contributed by atoms with van der Waals surface area (Å²) < 4.78 is 10.6. The Morgan fingerprint density at radius 3 is 2.35 bits per heavy atom. The summed E-state index contributed by atoms with van der Waals surface area (Å²) in [6.45, 7) is 4.88. The van der Waals surface area contributed by atoms with Gasteiger partial charge in [-0.1, -0.05) is 31.5 Å². The molecule has 0 saturated heterocycles. The van der Waals surface area contributed by atoms with Gasteiger partial charge < -0.3 is 15.2 Å². The molecule has 0 aliphatic heterocycles. The highest BCUT2D eigenvalue weighted by atomic mass is 35.5. The highest BCUT2D eigenvalue weighted by Crippen LogP contribution is 2.42. The van der Waals surface area contributed by atoms with Crippen molar-refractivity contribution in [2.24, 2.45) is 5.73 Å². The molecular formula is C13H20ClNO2. The Bertz CT molecular complexity index is 391. The number of methoxy groups -OCH3 is 2. The molecule has 0 heterocycles. The lowest BCUT2D eigenvalue weighted by Gasteiger charge is -2.27. The lowest BCUT2D eigenvalue weighted by atomic mass is 9.81. The van der Waals surface area contributed by atoms with Crippen LogP contribution in [0.15, 0.2) is 12.1 Å². The molecule has 0 amide bonds. The van der Waals surface area contributed by atoms with E-state index in [1.807, 2.05) is 12.1 Å². The van der Waals surface area contributed by atoms with Crippen LogP contribution in [-0.2, 0) is 5.41 Å². The summed E-state index contributed by atoms with van der Waals surface area (Å²) in [7, 11) is 3.20. The average Bonchev–Trinajstić information content (AvgIpc) is 2.28. The molecule has 0 spiro atoms. The van der Waals surface area contributed by atoms with Crippen LogP contribution in [-0.4, -0.2) is 20.8 Å². The third-order valence-electron chi connectivity index (χ3n) is 2.98. The number of hydrogen-bond acceptors (Lipinski definition) is 3. The van der Waals surface area contributed by atoms with Gasteiger partial charge in [-0.2, -0.15) is 0 Å². The van der Waals surface area contributed by atoms with E-state index < -0.39 is 0 Å². The quantitative estimate of drug-likeness (QED) is 0.882. The van der Waals surface area contributed by atoms with E-state index >= 15 is 0 Å². The van der Waals surface area contributed by atoms with Crippen molar-refractivity contribution in [3.05, 3.63) is 22.7 Å². The van der Waals surface area contributed by atoms with Crippen LogP contribution in [0.25, 0.3) is 0 Å². The summed E-state index contributed by atoms with van der Waals surface area (Å²) in [6, 6.07) is 3.84. The van der Waals surface area contributed by atoms with Crippen molar-refractivity contribution in [2.75, 3.05) is 20.8 Å². The Morgan fingerprint density at radius 1 is 1.24 bits per heavy atom. The maximum absolute atomic E-state index is 6.24. The zero-order valence-electron chi connectivity index (χ0n) is 10.8. The second kappa shape index (κ2) is 5.61. The van der Waals surface area contributed by atoms with Crippen LogP contribution in [0.1, 0.15) is 25.8 Å². The van der Waals surface area contributed by atoms with Gasteiger partial charge in [-0.25, -0.2) is 0 Å². The first-order chi connectivity index (χ1) is 7.97. The van der Waals surface area contributed by atoms with E-state index in [1.54, 1.807) is 14.2 Å². The molecule has 1 rings (SSSR count). The Balaban J connectivity index is 3.30. The lowest BCUT2D eigenvalue weighted by molar-refractivity contribution is 0.376. The average molecular weight is 258 g/mol. The first-order valence-corrected chi connectivity index (χ1v) is 5.96. The first-order valence-electron chi connectivity index (χ1n) is 5.59. The summed E-state index contributed by atoms with van der Waals surface area (Å²) in [5, 5.41) is 0.512. The maximum atomic E-state index is 6.24. The summed E-state index contributed by atoms with van der Waals surface area (Å²) in [5.41, 5.74) is 6.62. The van der Waals surface area contributed by atoms with Gasteiger partial charge in [-0.15, -0.1) is 0 Å². The molecule has 0 bridgehead atoms. The van der Waals surface area contributed by atoms with Gasteiger partial charge in [0.2, 0.25) is 0 Å². The number of hydrogen-bond donors (Lipinski definition) is 1. The minimum Gasteiger partial charge on any atom is -0.495 e. The molecule has 0 unspecified atom stereocenters. The third-order valence-corrected chi connectivity index (χ3v) is 3.34.